The van der Waals surface area contributed by atoms with Crippen molar-refractivity contribution in [2.45, 2.75) is 37.6 Å². The summed E-state index contributed by atoms with van der Waals surface area (Å²) in [4.78, 5) is 38.3. The first-order chi connectivity index (χ1) is 16.5. The van der Waals surface area contributed by atoms with Crippen LogP contribution in [0.1, 0.15) is 42.7 Å². The average molecular weight is 463 g/mol. The summed E-state index contributed by atoms with van der Waals surface area (Å²) < 4.78 is 5.66. The van der Waals surface area contributed by atoms with E-state index in [9.17, 15) is 14.4 Å². The van der Waals surface area contributed by atoms with Gasteiger partial charge in [-0.25, -0.2) is 4.79 Å². The predicted molar refractivity (Wildman–Crippen MR) is 128 cm³/mol. The van der Waals surface area contributed by atoms with E-state index in [0.717, 1.165) is 35.1 Å². The van der Waals surface area contributed by atoms with Gasteiger partial charge in [0.25, 0.3) is 0 Å². The normalized spacial score (nSPS) is 18.9. The number of nitrogens with one attached hydrogen (secondary N) is 1. The van der Waals surface area contributed by atoms with Crippen molar-refractivity contribution in [2.75, 3.05) is 19.7 Å². The van der Waals surface area contributed by atoms with Crippen LogP contribution in [0.15, 0.2) is 61.2 Å². The molecule has 0 bridgehead atoms. The lowest BCUT2D eigenvalue weighted by atomic mass is 9.83. The SMILES string of the molecule is C=CCN(CC(=O)O)C(=O)[C@@H]1CCCC[C@@H]1NC(=O)OCC1c2ccccc2-c2ccccc21. The molecule has 0 spiro atoms. The van der Waals surface area contributed by atoms with Crippen molar-refractivity contribution in [3.05, 3.63) is 72.3 Å². The fourth-order valence-corrected chi connectivity index (χ4v) is 5.18. The molecule has 7 nitrogen and oxygen atoms in total. The van der Waals surface area contributed by atoms with Gasteiger partial charge in [0.1, 0.15) is 13.2 Å². The van der Waals surface area contributed by atoms with Crippen LogP contribution in [0, 0.1) is 5.92 Å². The Kier molecular flexibility index (Phi) is 7.30. The molecule has 0 saturated heterocycles. The van der Waals surface area contributed by atoms with Gasteiger partial charge in [0.15, 0.2) is 0 Å². The van der Waals surface area contributed by atoms with Crippen LogP contribution in [0.25, 0.3) is 11.1 Å². The number of carboxylic acids is 1. The molecule has 178 valence electrons. The van der Waals surface area contributed by atoms with Crippen LogP contribution in [0.3, 0.4) is 0 Å². The van der Waals surface area contributed by atoms with E-state index in [-0.39, 0.29) is 31.5 Å². The molecule has 2 aliphatic carbocycles. The number of amides is 2. The number of carbonyl (C=O) groups is 3. The van der Waals surface area contributed by atoms with Crippen molar-refractivity contribution in [1.82, 2.24) is 10.2 Å². The first-order valence-electron chi connectivity index (χ1n) is 11.7. The van der Waals surface area contributed by atoms with Crippen molar-refractivity contribution >= 4 is 18.0 Å². The Hall–Kier alpha value is -3.61. The van der Waals surface area contributed by atoms with E-state index >= 15 is 0 Å². The number of ether oxygens (including phenoxy) is 1. The van der Waals surface area contributed by atoms with Crippen LogP contribution in [0.5, 0.6) is 0 Å². The van der Waals surface area contributed by atoms with Crippen LogP contribution < -0.4 is 5.32 Å². The van der Waals surface area contributed by atoms with Crippen LogP contribution in [0.2, 0.25) is 0 Å². The zero-order valence-electron chi connectivity index (χ0n) is 19.1. The molecule has 0 aliphatic heterocycles. The Morgan fingerprint density at radius 2 is 1.65 bits per heavy atom. The highest BCUT2D eigenvalue weighted by Crippen LogP contribution is 2.44. The van der Waals surface area contributed by atoms with E-state index in [1.54, 1.807) is 0 Å². The Morgan fingerprint density at radius 3 is 2.26 bits per heavy atom. The highest BCUT2D eigenvalue weighted by Gasteiger charge is 2.36. The fourth-order valence-electron chi connectivity index (χ4n) is 5.18. The maximum Gasteiger partial charge on any atom is 0.407 e. The molecule has 2 amide bonds. The molecule has 4 rings (SSSR count). The zero-order chi connectivity index (χ0) is 24.1. The Balaban J connectivity index is 1.41. The minimum atomic E-state index is -1.08. The lowest BCUT2D eigenvalue weighted by Crippen LogP contribution is -2.50. The third-order valence-electron chi connectivity index (χ3n) is 6.72. The van der Waals surface area contributed by atoms with E-state index in [0.29, 0.717) is 12.8 Å². The number of benzene rings is 2. The number of rotatable bonds is 8. The molecule has 2 atom stereocenters. The van der Waals surface area contributed by atoms with Gasteiger partial charge in [-0.2, -0.15) is 0 Å². The molecule has 7 heteroatoms. The lowest BCUT2D eigenvalue weighted by molar-refractivity contribution is -0.146. The van der Waals surface area contributed by atoms with Crippen LogP contribution in [-0.4, -0.2) is 53.7 Å². The van der Waals surface area contributed by atoms with E-state index in [4.69, 9.17) is 9.84 Å². The molecule has 0 unspecified atom stereocenters. The van der Waals surface area contributed by atoms with Gasteiger partial charge >= 0.3 is 12.1 Å². The number of alkyl carbamates (subject to hydrolysis) is 1. The number of nitrogens with zero attached hydrogens (tertiary/aromatic N) is 1. The third kappa shape index (κ3) is 4.98. The van der Waals surface area contributed by atoms with Crippen molar-refractivity contribution in [3.63, 3.8) is 0 Å². The summed E-state index contributed by atoms with van der Waals surface area (Å²) in [6, 6.07) is 15.9. The minimum absolute atomic E-state index is 0.0411. The summed E-state index contributed by atoms with van der Waals surface area (Å²) in [6.45, 7) is 3.58. The second-order valence-electron chi connectivity index (χ2n) is 8.87. The van der Waals surface area contributed by atoms with E-state index in [2.05, 4.69) is 36.2 Å². The monoisotopic (exact) mass is 462 g/mol. The van der Waals surface area contributed by atoms with Crippen molar-refractivity contribution in [2.24, 2.45) is 5.92 Å². The Labute approximate surface area is 199 Å². The summed E-state index contributed by atoms with van der Waals surface area (Å²) in [7, 11) is 0. The Morgan fingerprint density at radius 1 is 1.03 bits per heavy atom. The van der Waals surface area contributed by atoms with E-state index in [1.807, 2.05) is 24.3 Å². The fraction of sp³-hybridized carbons (Fsp3) is 0.370. The molecular formula is C27H30N2O5. The van der Waals surface area contributed by atoms with Crippen LogP contribution >= 0.6 is 0 Å². The molecule has 2 aromatic rings. The van der Waals surface area contributed by atoms with Gasteiger partial charge < -0.3 is 20.1 Å². The highest BCUT2D eigenvalue weighted by atomic mass is 16.5. The number of carbonyl (C=O) groups excluding carboxylic acids is 2. The third-order valence-corrected chi connectivity index (χ3v) is 6.72. The van der Waals surface area contributed by atoms with Gasteiger partial charge in [-0.1, -0.05) is 67.4 Å². The van der Waals surface area contributed by atoms with Crippen molar-refractivity contribution < 1.29 is 24.2 Å². The van der Waals surface area contributed by atoms with Crippen molar-refractivity contribution in [3.8, 4) is 11.1 Å². The average Bonchev–Trinajstić information content (AvgIpc) is 3.16. The largest absolute Gasteiger partial charge is 0.480 e. The molecule has 2 aliphatic rings. The summed E-state index contributed by atoms with van der Waals surface area (Å²) in [5.41, 5.74) is 4.59. The van der Waals surface area contributed by atoms with Crippen molar-refractivity contribution in [1.29, 1.82) is 0 Å². The molecule has 1 fully saturated rings. The predicted octanol–water partition coefficient (Wildman–Crippen LogP) is 4.18. The molecule has 0 heterocycles. The smallest absolute Gasteiger partial charge is 0.407 e. The lowest BCUT2D eigenvalue weighted by Gasteiger charge is -2.34. The molecule has 34 heavy (non-hydrogen) atoms. The quantitative estimate of drug-likeness (QED) is 0.574. The number of hydrogen-bond acceptors (Lipinski definition) is 4. The number of fused-ring (bicyclic) bond motifs is 3. The van der Waals surface area contributed by atoms with Crippen LogP contribution in [-0.2, 0) is 14.3 Å². The maximum atomic E-state index is 13.1. The summed E-state index contributed by atoms with van der Waals surface area (Å²) in [5, 5.41) is 12.1. The van der Waals surface area contributed by atoms with Gasteiger partial charge in [-0.15, -0.1) is 6.58 Å². The zero-order valence-corrected chi connectivity index (χ0v) is 19.1. The van der Waals surface area contributed by atoms with Gasteiger partial charge in [0.2, 0.25) is 5.91 Å². The molecule has 1 saturated carbocycles. The summed E-state index contributed by atoms with van der Waals surface area (Å²) in [6.07, 6.45) is 3.94. The van der Waals surface area contributed by atoms with Gasteiger partial charge in [0, 0.05) is 18.5 Å². The molecular weight excluding hydrogens is 432 g/mol. The Bertz CT molecular complexity index is 1040. The summed E-state index contributed by atoms with van der Waals surface area (Å²) in [5.74, 6) is -1.87. The summed E-state index contributed by atoms with van der Waals surface area (Å²) >= 11 is 0. The van der Waals surface area contributed by atoms with E-state index in [1.165, 1.54) is 11.0 Å². The first-order valence-corrected chi connectivity index (χ1v) is 11.7. The molecule has 0 radical (unpaired) electrons. The van der Waals surface area contributed by atoms with Gasteiger partial charge in [-0.05, 0) is 35.1 Å². The standard InChI is InChI=1S/C27H30N2O5/c1-2-15-29(16-25(30)31)26(32)22-13-7-8-14-24(22)28-27(33)34-17-23-20-11-5-3-9-18(20)19-10-4-6-12-21(19)23/h2-6,9-12,22-24H,1,7-8,13-17H2,(H,28,33)(H,30,31)/t22-,24+/m1/s1. The second-order valence-corrected chi connectivity index (χ2v) is 8.87. The van der Waals surface area contributed by atoms with Gasteiger partial charge in [-0.3, -0.25) is 9.59 Å². The second kappa shape index (κ2) is 10.5. The molecule has 2 N–H and O–H groups in total. The topological polar surface area (TPSA) is 95.9 Å². The molecule has 2 aromatic carbocycles. The molecule has 0 aromatic heterocycles. The number of carboxylic acid groups (broad SMARTS) is 1. The van der Waals surface area contributed by atoms with E-state index < -0.39 is 24.0 Å². The van der Waals surface area contributed by atoms with Crippen LogP contribution in [0.4, 0.5) is 4.79 Å². The maximum absolute atomic E-state index is 13.1. The first kappa shape index (κ1) is 23.5. The number of aliphatic carboxylic acids is 1. The van der Waals surface area contributed by atoms with Gasteiger partial charge in [0.05, 0.1) is 5.92 Å². The highest BCUT2D eigenvalue weighted by molar-refractivity contribution is 5.84. The number of hydrogen-bond donors (Lipinski definition) is 2. The minimum Gasteiger partial charge on any atom is -0.480 e.